The summed E-state index contributed by atoms with van der Waals surface area (Å²) in [5.41, 5.74) is 2.74. The smallest absolute Gasteiger partial charge is 0.224 e. The lowest BCUT2D eigenvalue weighted by Crippen LogP contribution is -2.42. The SMILES string of the molecule is C=NNC(=NC)SN1CCC(C(=O)NC(c2c(F)ccc(Cl)c2Cl)C2(C)CCCC2)C1. The van der Waals surface area contributed by atoms with Crippen molar-refractivity contribution in [2.75, 3.05) is 20.1 Å². The van der Waals surface area contributed by atoms with Crippen LogP contribution in [-0.4, -0.2) is 42.2 Å². The van der Waals surface area contributed by atoms with Gasteiger partial charge in [-0.3, -0.25) is 15.2 Å². The second-order valence-electron chi connectivity index (χ2n) is 8.32. The summed E-state index contributed by atoms with van der Waals surface area (Å²) in [6.45, 7) is 6.79. The fraction of sp³-hybridized carbons (Fsp3) is 0.571. The van der Waals surface area contributed by atoms with E-state index in [1.165, 1.54) is 24.1 Å². The van der Waals surface area contributed by atoms with Gasteiger partial charge in [0, 0.05) is 32.4 Å². The van der Waals surface area contributed by atoms with Crippen molar-refractivity contribution in [2.24, 2.45) is 21.4 Å². The van der Waals surface area contributed by atoms with Gasteiger partial charge in [0.25, 0.3) is 0 Å². The van der Waals surface area contributed by atoms with Gasteiger partial charge in [0.15, 0.2) is 5.17 Å². The Morgan fingerprint density at radius 1 is 1.39 bits per heavy atom. The number of nitrogens with one attached hydrogen (secondary N) is 2. The Balaban J connectivity index is 1.78. The maximum Gasteiger partial charge on any atom is 0.224 e. The first-order chi connectivity index (χ1) is 14.8. The molecule has 170 valence electrons. The highest BCUT2D eigenvalue weighted by Crippen LogP contribution is 2.50. The lowest BCUT2D eigenvalue weighted by molar-refractivity contribution is -0.126. The van der Waals surface area contributed by atoms with Gasteiger partial charge >= 0.3 is 0 Å². The molecule has 0 bridgehead atoms. The van der Waals surface area contributed by atoms with Crippen molar-refractivity contribution in [3.05, 3.63) is 33.6 Å². The van der Waals surface area contributed by atoms with Crippen molar-refractivity contribution in [1.82, 2.24) is 15.0 Å². The Bertz CT molecular complexity index is 862. The van der Waals surface area contributed by atoms with E-state index in [0.717, 1.165) is 32.2 Å². The van der Waals surface area contributed by atoms with E-state index in [0.29, 0.717) is 18.1 Å². The summed E-state index contributed by atoms with van der Waals surface area (Å²) >= 11 is 14.0. The van der Waals surface area contributed by atoms with Gasteiger partial charge in [-0.25, -0.2) is 8.70 Å². The topological polar surface area (TPSA) is 69.1 Å². The van der Waals surface area contributed by atoms with Gasteiger partial charge in [0.1, 0.15) is 5.82 Å². The largest absolute Gasteiger partial charge is 0.348 e. The molecular weight excluding hydrogens is 460 g/mol. The average Bonchev–Trinajstić information content (AvgIpc) is 3.39. The van der Waals surface area contributed by atoms with Crippen molar-refractivity contribution >= 4 is 52.9 Å². The average molecular weight is 488 g/mol. The zero-order valence-electron chi connectivity index (χ0n) is 17.8. The summed E-state index contributed by atoms with van der Waals surface area (Å²) in [6.07, 6.45) is 4.57. The quantitative estimate of drug-likeness (QED) is 0.194. The highest BCUT2D eigenvalue weighted by Gasteiger charge is 2.42. The molecule has 1 heterocycles. The summed E-state index contributed by atoms with van der Waals surface area (Å²) in [6, 6.07) is 2.24. The zero-order valence-corrected chi connectivity index (χ0v) is 20.1. The van der Waals surface area contributed by atoms with E-state index < -0.39 is 11.9 Å². The fourth-order valence-electron chi connectivity index (χ4n) is 4.46. The number of halogens is 3. The number of nitrogens with zero attached hydrogens (tertiary/aromatic N) is 3. The number of rotatable bonds is 6. The molecule has 1 saturated heterocycles. The molecule has 2 aliphatic rings. The monoisotopic (exact) mass is 487 g/mol. The van der Waals surface area contributed by atoms with Crippen LogP contribution in [0, 0.1) is 17.2 Å². The Morgan fingerprint density at radius 2 is 2.10 bits per heavy atom. The first-order valence-electron chi connectivity index (χ1n) is 10.3. The number of carbonyl (C=O) groups is 1. The summed E-state index contributed by atoms with van der Waals surface area (Å²) in [7, 11) is 1.66. The fourth-order valence-corrected chi connectivity index (χ4v) is 5.77. The Hall–Kier alpha value is -1.35. The third kappa shape index (κ3) is 5.53. The van der Waals surface area contributed by atoms with Crippen molar-refractivity contribution in [3.63, 3.8) is 0 Å². The van der Waals surface area contributed by atoms with E-state index in [4.69, 9.17) is 23.2 Å². The van der Waals surface area contributed by atoms with Crippen LogP contribution in [0.3, 0.4) is 0 Å². The molecule has 31 heavy (non-hydrogen) atoms. The van der Waals surface area contributed by atoms with Crippen LogP contribution in [0.4, 0.5) is 4.39 Å². The molecule has 0 aromatic heterocycles. The zero-order chi connectivity index (χ0) is 22.6. The molecule has 2 atom stereocenters. The van der Waals surface area contributed by atoms with Gasteiger partial charge in [0.05, 0.1) is 22.0 Å². The minimum absolute atomic E-state index is 0.0959. The molecule has 1 aliphatic carbocycles. The van der Waals surface area contributed by atoms with Crippen LogP contribution >= 0.6 is 35.1 Å². The Kier molecular flexibility index (Phi) is 8.24. The summed E-state index contributed by atoms with van der Waals surface area (Å²) in [5, 5.41) is 7.86. The van der Waals surface area contributed by atoms with E-state index in [-0.39, 0.29) is 32.8 Å². The minimum Gasteiger partial charge on any atom is -0.348 e. The van der Waals surface area contributed by atoms with E-state index in [9.17, 15) is 9.18 Å². The number of amides is 1. The number of benzene rings is 1. The molecule has 1 amide bonds. The first-order valence-corrected chi connectivity index (χ1v) is 11.9. The maximum absolute atomic E-state index is 14.9. The molecule has 2 fully saturated rings. The normalized spacial score (nSPS) is 22.4. The molecule has 0 spiro atoms. The van der Waals surface area contributed by atoms with Crippen LogP contribution in [0.15, 0.2) is 22.2 Å². The number of amidine groups is 1. The van der Waals surface area contributed by atoms with Gasteiger partial charge in [-0.1, -0.05) is 43.0 Å². The van der Waals surface area contributed by atoms with E-state index in [1.54, 1.807) is 7.05 Å². The Labute approximate surface area is 197 Å². The van der Waals surface area contributed by atoms with Crippen LogP contribution in [0.25, 0.3) is 0 Å². The second kappa shape index (κ2) is 10.5. The van der Waals surface area contributed by atoms with Crippen LogP contribution < -0.4 is 10.7 Å². The lowest BCUT2D eigenvalue weighted by atomic mass is 9.76. The molecule has 0 radical (unpaired) electrons. The number of carbonyl (C=O) groups excluding carboxylic acids is 1. The lowest BCUT2D eigenvalue weighted by Gasteiger charge is -2.36. The van der Waals surface area contributed by atoms with Gasteiger partial charge < -0.3 is 5.32 Å². The highest BCUT2D eigenvalue weighted by molar-refractivity contribution is 8.11. The molecule has 2 N–H and O–H groups in total. The van der Waals surface area contributed by atoms with Crippen LogP contribution in [0.5, 0.6) is 0 Å². The molecule has 6 nitrogen and oxygen atoms in total. The van der Waals surface area contributed by atoms with E-state index in [2.05, 4.69) is 38.8 Å². The van der Waals surface area contributed by atoms with Crippen molar-refractivity contribution in [1.29, 1.82) is 0 Å². The van der Waals surface area contributed by atoms with Crippen LogP contribution in [0.2, 0.25) is 10.0 Å². The number of hydrazone groups is 1. The van der Waals surface area contributed by atoms with Crippen molar-refractivity contribution < 1.29 is 9.18 Å². The number of hydrogen-bond donors (Lipinski definition) is 2. The molecule has 1 aromatic rings. The molecule has 1 saturated carbocycles. The molecule has 2 unspecified atom stereocenters. The molecule has 3 rings (SSSR count). The molecule has 10 heteroatoms. The standard InChI is InChI=1S/C21H28Cl2FN5OS/c1-21(9-4-5-10-21)18(16-15(24)7-6-14(22)17(16)23)27-19(30)13-8-11-29(12-13)31-20(25-2)28-26-3/h6-7,13,18H,3-5,8-12H2,1-2H3,(H,25,28)(H,27,30). The molecule has 1 aliphatic heterocycles. The predicted molar refractivity (Wildman–Crippen MR) is 127 cm³/mol. The van der Waals surface area contributed by atoms with Crippen LogP contribution in [0.1, 0.15) is 50.6 Å². The van der Waals surface area contributed by atoms with Crippen molar-refractivity contribution in [3.8, 4) is 0 Å². The maximum atomic E-state index is 14.9. The summed E-state index contributed by atoms with van der Waals surface area (Å²) in [5.74, 6) is -0.750. The van der Waals surface area contributed by atoms with Gasteiger partial charge in [0.2, 0.25) is 5.91 Å². The second-order valence-corrected chi connectivity index (χ2v) is 10.2. The molecular formula is C21H28Cl2FN5OS. The minimum atomic E-state index is -0.533. The number of hydrogen-bond acceptors (Lipinski definition) is 5. The van der Waals surface area contributed by atoms with Gasteiger partial charge in [-0.15, -0.1) is 0 Å². The van der Waals surface area contributed by atoms with E-state index >= 15 is 0 Å². The van der Waals surface area contributed by atoms with Gasteiger partial charge in [-0.2, -0.15) is 5.10 Å². The first kappa shape index (κ1) is 24.3. The van der Waals surface area contributed by atoms with Gasteiger partial charge in [-0.05, 0) is 48.8 Å². The van der Waals surface area contributed by atoms with Crippen molar-refractivity contribution in [2.45, 2.75) is 45.1 Å². The Morgan fingerprint density at radius 3 is 2.74 bits per heavy atom. The number of aliphatic imine (C=N–C) groups is 1. The third-order valence-electron chi connectivity index (χ3n) is 6.21. The molecule has 1 aromatic carbocycles. The third-order valence-corrected chi connectivity index (χ3v) is 8.07. The highest BCUT2D eigenvalue weighted by atomic mass is 35.5. The van der Waals surface area contributed by atoms with Crippen LogP contribution in [-0.2, 0) is 4.79 Å². The summed E-state index contributed by atoms with van der Waals surface area (Å²) in [4.78, 5) is 17.4. The van der Waals surface area contributed by atoms with E-state index in [1.807, 2.05) is 0 Å². The predicted octanol–water partition coefficient (Wildman–Crippen LogP) is 5.03. The summed E-state index contributed by atoms with van der Waals surface area (Å²) < 4.78 is 17.0.